The largest absolute Gasteiger partial charge is 0.368 e. The average molecular weight is 350 g/mol. The molecule has 0 radical (unpaired) electrons. The molecule has 1 aliphatic rings. The van der Waals surface area contributed by atoms with E-state index < -0.39 is 15.2 Å². The van der Waals surface area contributed by atoms with Crippen molar-refractivity contribution in [1.29, 1.82) is 0 Å². The van der Waals surface area contributed by atoms with Gasteiger partial charge in [0.1, 0.15) is 5.37 Å². The monoisotopic (exact) mass is 349 g/mol. The standard InChI is InChI=1S/C18H20ClNO2S/c1-18(2,3)13-4-7-15(8-5-13)23(21,22)17-11-12-10-14(19)6-9-16(12)20-17/h4-10,17,20H,11H2,1-3H3. The summed E-state index contributed by atoms with van der Waals surface area (Å²) in [5, 5.41) is 3.08. The number of hydrogen-bond donors (Lipinski definition) is 1. The van der Waals surface area contributed by atoms with E-state index in [0.29, 0.717) is 16.3 Å². The second-order valence-corrected chi connectivity index (χ2v) is 9.52. The van der Waals surface area contributed by atoms with Gasteiger partial charge in [-0.15, -0.1) is 0 Å². The summed E-state index contributed by atoms with van der Waals surface area (Å²) in [6.07, 6.45) is 0.430. The number of sulfone groups is 1. The molecule has 0 aliphatic carbocycles. The Morgan fingerprint density at radius 3 is 2.35 bits per heavy atom. The number of halogens is 1. The van der Waals surface area contributed by atoms with Gasteiger partial charge < -0.3 is 5.32 Å². The van der Waals surface area contributed by atoms with Crippen molar-refractivity contribution in [2.24, 2.45) is 0 Å². The van der Waals surface area contributed by atoms with E-state index in [9.17, 15) is 8.42 Å². The highest BCUT2D eigenvalue weighted by Gasteiger charge is 2.33. The zero-order valence-corrected chi connectivity index (χ0v) is 15.0. The third-order valence-electron chi connectivity index (χ3n) is 4.21. The van der Waals surface area contributed by atoms with Crippen LogP contribution < -0.4 is 5.32 Å². The van der Waals surface area contributed by atoms with Gasteiger partial charge in [0, 0.05) is 17.1 Å². The second kappa shape index (κ2) is 5.53. The SMILES string of the molecule is CC(C)(C)c1ccc(S(=O)(=O)C2Cc3cc(Cl)ccc3N2)cc1. The molecule has 23 heavy (non-hydrogen) atoms. The maximum Gasteiger partial charge on any atom is 0.199 e. The average Bonchev–Trinajstić information content (AvgIpc) is 2.90. The molecule has 0 spiro atoms. The molecule has 5 heteroatoms. The first-order valence-corrected chi connectivity index (χ1v) is 9.50. The summed E-state index contributed by atoms with van der Waals surface area (Å²) in [5.74, 6) is 0. The predicted octanol–water partition coefficient (Wildman–Crippen LogP) is 4.41. The quantitative estimate of drug-likeness (QED) is 0.873. The molecule has 0 amide bonds. The zero-order valence-electron chi connectivity index (χ0n) is 13.4. The molecule has 122 valence electrons. The van der Waals surface area contributed by atoms with E-state index in [-0.39, 0.29) is 5.41 Å². The molecular formula is C18H20ClNO2S. The Kier molecular flexibility index (Phi) is 3.93. The van der Waals surface area contributed by atoms with Gasteiger partial charge in [0.05, 0.1) is 4.90 Å². The lowest BCUT2D eigenvalue weighted by Crippen LogP contribution is -2.27. The zero-order chi connectivity index (χ0) is 16.8. The highest BCUT2D eigenvalue weighted by Crippen LogP contribution is 2.33. The molecule has 1 unspecified atom stereocenters. The van der Waals surface area contributed by atoms with Gasteiger partial charge in [0.25, 0.3) is 0 Å². The van der Waals surface area contributed by atoms with E-state index in [4.69, 9.17) is 11.6 Å². The fraction of sp³-hybridized carbons (Fsp3) is 0.333. The number of fused-ring (bicyclic) bond motifs is 1. The molecule has 0 saturated carbocycles. The second-order valence-electron chi connectivity index (χ2n) is 6.96. The minimum Gasteiger partial charge on any atom is -0.368 e. The molecule has 0 aromatic heterocycles. The van der Waals surface area contributed by atoms with Crippen LogP contribution in [0.3, 0.4) is 0 Å². The van der Waals surface area contributed by atoms with Crippen LogP contribution in [-0.4, -0.2) is 13.8 Å². The molecule has 1 aliphatic heterocycles. The summed E-state index contributed by atoms with van der Waals surface area (Å²) in [7, 11) is -3.44. The van der Waals surface area contributed by atoms with E-state index in [1.807, 2.05) is 24.3 Å². The van der Waals surface area contributed by atoms with E-state index in [2.05, 4.69) is 26.1 Å². The summed E-state index contributed by atoms with van der Waals surface area (Å²) in [6.45, 7) is 6.32. The number of nitrogens with one attached hydrogen (secondary N) is 1. The molecular weight excluding hydrogens is 330 g/mol. The summed E-state index contributed by atoms with van der Waals surface area (Å²) in [6, 6.07) is 12.6. The molecule has 2 aromatic carbocycles. The highest BCUT2D eigenvalue weighted by atomic mass is 35.5. The number of anilines is 1. The van der Waals surface area contributed by atoms with Crippen molar-refractivity contribution in [3.63, 3.8) is 0 Å². The summed E-state index contributed by atoms with van der Waals surface area (Å²) >= 11 is 5.99. The van der Waals surface area contributed by atoms with Gasteiger partial charge in [-0.05, 0) is 46.9 Å². The van der Waals surface area contributed by atoms with Crippen LogP contribution >= 0.6 is 11.6 Å². The Bertz CT molecular complexity index is 836. The first-order valence-electron chi connectivity index (χ1n) is 7.57. The van der Waals surface area contributed by atoms with Crippen molar-refractivity contribution in [2.45, 2.75) is 42.9 Å². The van der Waals surface area contributed by atoms with Crippen molar-refractivity contribution < 1.29 is 8.42 Å². The van der Waals surface area contributed by atoms with Gasteiger partial charge >= 0.3 is 0 Å². The molecule has 0 fully saturated rings. The Morgan fingerprint density at radius 1 is 1.09 bits per heavy atom. The fourth-order valence-corrected chi connectivity index (χ4v) is 4.51. The van der Waals surface area contributed by atoms with Crippen molar-refractivity contribution in [3.05, 3.63) is 58.6 Å². The van der Waals surface area contributed by atoms with Crippen LogP contribution in [0.5, 0.6) is 0 Å². The molecule has 1 atom stereocenters. The lowest BCUT2D eigenvalue weighted by atomic mass is 9.87. The van der Waals surface area contributed by atoms with E-state index >= 15 is 0 Å². The van der Waals surface area contributed by atoms with Crippen LogP contribution in [0.4, 0.5) is 5.69 Å². The van der Waals surface area contributed by atoms with Gasteiger partial charge in [-0.2, -0.15) is 0 Å². The van der Waals surface area contributed by atoms with Crippen LogP contribution in [0.15, 0.2) is 47.4 Å². The summed E-state index contributed by atoms with van der Waals surface area (Å²) < 4.78 is 25.7. The van der Waals surface area contributed by atoms with Gasteiger partial charge in [-0.25, -0.2) is 8.42 Å². The minimum absolute atomic E-state index is 0.000878. The van der Waals surface area contributed by atoms with E-state index in [1.165, 1.54) is 0 Å². The normalized spacial score (nSPS) is 17.7. The first-order chi connectivity index (χ1) is 10.7. The smallest absolute Gasteiger partial charge is 0.199 e. The van der Waals surface area contributed by atoms with E-state index in [1.54, 1.807) is 18.2 Å². The van der Waals surface area contributed by atoms with Crippen LogP contribution in [0.2, 0.25) is 5.02 Å². The van der Waals surface area contributed by atoms with Gasteiger partial charge in [0.2, 0.25) is 0 Å². The molecule has 3 rings (SSSR count). The third-order valence-corrected chi connectivity index (χ3v) is 6.41. The van der Waals surface area contributed by atoms with Crippen molar-refractivity contribution in [3.8, 4) is 0 Å². The topological polar surface area (TPSA) is 46.2 Å². The summed E-state index contributed by atoms with van der Waals surface area (Å²) in [5.41, 5.74) is 2.90. The van der Waals surface area contributed by atoms with Crippen molar-refractivity contribution in [2.75, 3.05) is 5.32 Å². The number of rotatable bonds is 2. The Hall–Kier alpha value is -1.52. The maximum absolute atomic E-state index is 12.9. The summed E-state index contributed by atoms with van der Waals surface area (Å²) in [4.78, 5) is 0.349. The third kappa shape index (κ3) is 3.10. The Morgan fingerprint density at radius 2 is 1.74 bits per heavy atom. The number of benzene rings is 2. The first kappa shape index (κ1) is 16.3. The Balaban J connectivity index is 1.89. The van der Waals surface area contributed by atoms with Crippen LogP contribution in [-0.2, 0) is 21.7 Å². The molecule has 1 N–H and O–H groups in total. The highest BCUT2D eigenvalue weighted by molar-refractivity contribution is 7.92. The van der Waals surface area contributed by atoms with Gasteiger partial charge in [-0.1, -0.05) is 44.5 Å². The minimum atomic E-state index is -3.44. The van der Waals surface area contributed by atoms with Crippen LogP contribution in [0.1, 0.15) is 31.9 Å². The van der Waals surface area contributed by atoms with Gasteiger partial charge in [0.15, 0.2) is 9.84 Å². The molecule has 1 heterocycles. The fourth-order valence-electron chi connectivity index (χ4n) is 2.79. The van der Waals surface area contributed by atoms with Gasteiger partial charge in [-0.3, -0.25) is 0 Å². The lowest BCUT2D eigenvalue weighted by molar-refractivity contribution is 0.582. The molecule has 0 bridgehead atoms. The van der Waals surface area contributed by atoms with Crippen LogP contribution in [0.25, 0.3) is 0 Å². The lowest BCUT2D eigenvalue weighted by Gasteiger charge is -2.20. The van der Waals surface area contributed by atoms with Crippen molar-refractivity contribution in [1.82, 2.24) is 0 Å². The predicted molar refractivity (Wildman–Crippen MR) is 94.9 cm³/mol. The Labute approximate surface area is 142 Å². The van der Waals surface area contributed by atoms with E-state index in [0.717, 1.165) is 16.8 Å². The molecule has 0 saturated heterocycles. The van der Waals surface area contributed by atoms with Crippen LogP contribution in [0, 0.1) is 0 Å². The maximum atomic E-state index is 12.9. The number of hydrogen-bond acceptors (Lipinski definition) is 3. The molecule has 2 aromatic rings. The van der Waals surface area contributed by atoms with Crippen molar-refractivity contribution >= 4 is 27.1 Å². The molecule has 3 nitrogen and oxygen atoms in total.